The summed E-state index contributed by atoms with van der Waals surface area (Å²) in [6.07, 6.45) is 1.06. The van der Waals surface area contributed by atoms with Gasteiger partial charge in [0.25, 0.3) is 0 Å². The molecule has 0 saturated heterocycles. The van der Waals surface area contributed by atoms with Crippen molar-refractivity contribution < 1.29 is 9.52 Å². The van der Waals surface area contributed by atoms with Gasteiger partial charge in [0.05, 0.1) is 0 Å². The highest BCUT2D eigenvalue weighted by atomic mass is 16.4. The van der Waals surface area contributed by atoms with E-state index >= 15 is 0 Å². The van der Waals surface area contributed by atoms with Gasteiger partial charge in [0.1, 0.15) is 17.4 Å². The third-order valence-electron chi connectivity index (χ3n) is 3.57. The average Bonchev–Trinajstić information content (AvgIpc) is 2.90. The lowest BCUT2D eigenvalue weighted by Gasteiger charge is -2.01. The van der Waals surface area contributed by atoms with Crippen LogP contribution >= 0.6 is 0 Å². The fourth-order valence-corrected chi connectivity index (χ4v) is 2.42. The number of hydrogen-bond donors (Lipinski definition) is 1. The summed E-state index contributed by atoms with van der Waals surface area (Å²) >= 11 is 0. The zero-order valence-corrected chi connectivity index (χ0v) is 11.5. The number of benzene rings is 2. The van der Waals surface area contributed by atoms with Crippen LogP contribution in [0.1, 0.15) is 36.3 Å². The van der Waals surface area contributed by atoms with E-state index in [0.29, 0.717) is 12.2 Å². The van der Waals surface area contributed by atoms with Crippen LogP contribution in [0.25, 0.3) is 11.0 Å². The highest BCUT2D eigenvalue weighted by molar-refractivity contribution is 5.79. The zero-order valence-electron chi connectivity index (χ0n) is 11.5. The Bertz CT molecular complexity index is 698. The van der Waals surface area contributed by atoms with E-state index in [2.05, 4.69) is 36.4 Å². The Kier molecular flexibility index (Phi) is 3.57. The molecule has 0 aliphatic rings. The molecule has 0 radical (unpaired) electrons. The van der Waals surface area contributed by atoms with Crippen molar-refractivity contribution in [3.05, 3.63) is 71.5 Å². The maximum Gasteiger partial charge on any atom is 0.134 e. The summed E-state index contributed by atoms with van der Waals surface area (Å²) in [7, 11) is 0. The van der Waals surface area contributed by atoms with E-state index in [1.54, 1.807) is 0 Å². The summed E-state index contributed by atoms with van der Waals surface area (Å²) in [6, 6.07) is 18.6. The molecular weight excluding hydrogens is 248 g/mol. The smallest absolute Gasteiger partial charge is 0.134 e. The maximum atomic E-state index is 9.84. The largest absolute Gasteiger partial charge is 0.458 e. The second kappa shape index (κ2) is 5.51. The highest BCUT2D eigenvalue weighted by Crippen LogP contribution is 2.27. The fraction of sp³-hybridized carbons (Fsp3) is 0.222. The molecule has 0 bridgehead atoms. The van der Waals surface area contributed by atoms with Crippen LogP contribution in [0.3, 0.4) is 0 Å². The van der Waals surface area contributed by atoms with Crippen molar-refractivity contribution in [2.75, 3.05) is 0 Å². The number of aliphatic hydroxyl groups is 1. The maximum absolute atomic E-state index is 9.84. The van der Waals surface area contributed by atoms with E-state index in [1.165, 1.54) is 11.1 Å². The van der Waals surface area contributed by atoms with Gasteiger partial charge in [-0.15, -0.1) is 0 Å². The zero-order chi connectivity index (χ0) is 13.9. The van der Waals surface area contributed by atoms with Gasteiger partial charge in [-0.25, -0.2) is 0 Å². The van der Waals surface area contributed by atoms with Gasteiger partial charge in [-0.05, 0) is 42.2 Å². The van der Waals surface area contributed by atoms with Crippen LogP contribution in [-0.4, -0.2) is 5.11 Å². The van der Waals surface area contributed by atoms with Crippen molar-refractivity contribution >= 4 is 11.0 Å². The van der Waals surface area contributed by atoms with Gasteiger partial charge in [0.2, 0.25) is 0 Å². The Morgan fingerprint density at radius 2 is 1.80 bits per heavy atom. The average molecular weight is 266 g/mol. The van der Waals surface area contributed by atoms with Gasteiger partial charge in [0, 0.05) is 5.39 Å². The van der Waals surface area contributed by atoms with Gasteiger partial charge < -0.3 is 9.52 Å². The van der Waals surface area contributed by atoms with Gasteiger partial charge in [0.15, 0.2) is 0 Å². The van der Waals surface area contributed by atoms with Gasteiger partial charge in [-0.3, -0.25) is 0 Å². The van der Waals surface area contributed by atoms with Crippen molar-refractivity contribution in [3.8, 4) is 0 Å². The quantitative estimate of drug-likeness (QED) is 0.756. The van der Waals surface area contributed by atoms with Crippen LogP contribution < -0.4 is 0 Å². The van der Waals surface area contributed by atoms with Gasteiger partial charge >= 0.3 is 0 Å². The SMILES string of the molecule is CCC(O)c1cc2cc(Cc3ccccc3)ccc2o1. The first kappa shape index (κ1) is 12.9. The molecule has 2 nitrogen and oxygen atoms in total. The number of fused-ring (bicyclic) bond motifs is 1. The summed E-state index contributed by atoms with van der Waals surface area (Å²) in [5.74, 6) is 0.652. The summed E-state index contributed by atoms with van der Waals surface area (Å²) in [6.45, 7) is 1.94. The van der Waals surface area contributed by atoms with E-state index in [4.69, 9.17) is 4.42 Å². The van der Waals surface area contributed by atoms with Crippen LogP contribution in [0.4, 0.5) is 0 Å². The molecule has 2 heteroatoms. The molecule has 1 heterocycles. The second-order valence-corrected chi connectivity index (χ2v) is 5.11. The Hall–Kier alpha value is -2.06. The summed E-state index contributed by atoms with van der Waals surface area (Å²) in [4.78, 5) is 0. The predicted octanol–water partition coefficient (Wildman–Crippen LogP) is 4.47. The molecule has 1 aromatic heterocycles. The van der Waals surface area contributed by atoms with Crippen LogP contribution in [-0.2, 0) is 6.42 Å². The third-order valence-corrected chi connectivity index (χ3v) is 3.57. The molecular formula is C18H18O2. The molecule has 3 aromatic rings. The van der Waals surface area contributed by atoms with Crippen molar-refractivity contribution in [1.29, 1.82) is 0 Å². The summed E-state index contributed by atoms with van der Waals surface area (Å²) in [5, 5.41) is 10.9. The van der Waals surface area contributed by atoms with Crippen LogP contribution in [0, 0.1) is 0 Å². The van der Waals surface area contributed by atoms with E-state index in [9.17, 15) is 5.11 Å². The molecule has 3 rings (SSSR count). The summed E-state index contributed by atoms with van der Waals surface area (Å²) < 4.78 is 5.68. The highest BCUT2D eigenvalue weighted by Gasteiger charge is 2.11. The Balaban J connectivity index is 1.90. The molecule has 0 saturated carbocycles. The Labute approximate surface area is 118 Å². The van der Waals surface area contributed by atoms with Gasteiger partial charge in [-0.2, -0.15) is 0 Å². The molecule has 2 aromatic carbocycles. The lowest BCUT2D eigenvalue weighted by atomic mass is 10.0. The third kappa shape index (κ3) is 2.61. The van der Waals surface area contributed by atoms with Crippen molar-refractivity contribution in [3.63, 3.8) is 0 Å². The number of hydrogen-bond acceptors (Lipinski definition) is 2. The minimum absolute atomic E-state index is 0.514. The molecule has 20 heavy (non-hydrogen) atoms. The molecule has 0 aliphatic carbocycles. The van der Waals surface area contributed by atoms with E-state index < -0.39 is 6.10 Å². The first-order valence-corrected chi connectivity index (χ1v) is 7.00. The molecule has 0 fully saturated rings. The van der Waals surface area contributed by atoms with Crippen LogP contribution in [0.5, 0.6) is 0 Å². The Morgan fingerprint density at radius 1 is 1.00 bits per heavy atom. The lowest BCUT2D eigenvalue weighted by molar-refractivity contribution is 0.148. The topological polar surface area (TPSA) is 33.4 Å². The van der Waals surface area contributed by atoms with Crippen molar-refractivity contribution in [2.45, 2.75) is 25.9 Å². The van der Waals surface area contributed by atoms with E-state index in [0.717, 1.165) is 17.4 Å². The minimum Gasteiger partial charge on any atom is -0.458 e. The number of furan rings is 1. The molecule has 1 atom stereocenters. The van der Waals surface area contributed by atoms with Crippen molar-refractivity contribution in [1.82, 2.24) is 0 Å². The van der Waals surface area contributed by atoms with Crippen LogP contribution in [0.15, 0.2) is 59.0 Å². The summed E-state index contributed by atoms with van der Waals surface area (Å²) in [5.41, 5.74) is 3.38. The fourth-order valence-electron chi connectivity index (χ4n) is 2.42. The first-order valence-electron chi connectivity index (χ1n) is 7.00. The molecule has 1 unspecified atom stereocenters. The normalized spacial score (nSPS) is 12.7. The van der Waals surface area contributed by atoms with Gasteiger partial charge in [-0.1, -0.05) is 43.3 Å². The second-order valence-electron chi connectivity index (χ2n) is 5.11. The Morgan fingerprint density at radius 3 is 2.55 bits per heavy atom. The number of rotatable bonds is 4. The minimum atomic E-state index is -0.514. The molecule has 102 valence electrons. The monoisotopic (exact) mass is 266 g/mol. The standard InChI is InChI=1S/C18H18O2/c1-2-16(19)18-12-15-11-14(8-9-17(15)20-18)10-13-6-4-3-5-7-13/h3-9,11-12,16,19H,2,10H2,1H3. The van der Waals surface area contributed by atoms with Crippen LogP contribution in [0.2, 0.25) is 0 Å². The molecule has 0 aliphatic heterocycles. The van der Waals surface area contributed by atoms with Crippen molar-refractivity contribution in [2.24, 2.45) is 0 Å². The van der Waals surface area contributed by atoms with E-state index in [1.807, 2.05) is 25.1 Å². The molecule has 0 spiro atoms. The number of aliphatic hydroxyl groups excluding tert-OH is 1. The predicted molar refractivity (Wildman–Crippen MR) is 80.7 cm³/mol. The van der Waals surface area contributed by atoms with E-state index in [-0.39, 0.29) is 0 Å². The molecule has 0 amide bonds. The first-order chi connectivity index (χ1) is 9.76. The lowest BCUT2D eigenvalue weighted by Crippen LogP contribution is -1.90. The molecule has 1 N–H and O–H groups in total.